The van der Waals surface area contributed by atoms with Gasteiger partial charge in [-0.1, -0.05) is 24.3 Å². The number of rotatable bonds is 2. The van der Waals surface area contributed by atoms with Gasteiger partial charge < -0.3 is 10.4 Å². The highest BCUT2D eigenvalue weighted by Gasteiger charge is 2.28. The number of hydrogen-bond acceptors (Lipinski definition) is 2. The van der Waals surface area contributed by atoms with E-state index in [4.69, 9.17) is 5.11 Å². The quantitative estimate of drug-likeness (QED) is 0.813. The SMILES string of the molecule is CC1NC(=O)C(CC(=O)O)Cc2ccccc21. The molecule has 1 amide bonds. The van der Waals surface area contributed by atoms with E-state index in [1.165, 1.54) is 0 Å². The van der Waals surface area contributed by atoms with Crippen LogP contribution in [-0.4, -0.2) is 17.0 Å². The molecule has 0 fully saturated rings. The summed E-state index contributed by atoms with van der Waals surface area (Å²) in [7, 11) is 0. The molecule has 1 aliphatic heterocycles. The van der Waals surface area contributed by atoms with Crippen molar-refractivity contribution in [3.63, 3.8) is 0 Å². The van der Waals surface area contributed by atoms with Gasteiger partial charge in [-0.15, -0.1) is 0 Å². The first-order valence-corrected chi connectivity index (χ1v) is 5.68. The monoisotopic (exact) mass is 233 g/mol. The number of aliphatic carboxylic acids is 1. The van der Waals surface area contributed by atoms with Crippen LogP contribution in [-0.2, 0) is 16.0 Å². The van der Waals surface area contributed by atoms with Gasteiger partial charge in [-0.2, -0.15) is 0 Å². The topological polar surface area (TPSA) is 66.4 Å². The second-order valence-electron chi connectivity index (χ2n) is 4.43. The minimum absolute atomic E-state index is 0.0579. The number of carbonyl (C=O) groups excluding carboxylic acids is 1. The molecule has 1 aliphatic rings. The molecule has 2 rings (SSSR count). The highest BCUT2D eigenvalue weighted by Crippen LogP contribution is 2.26. The third-order valence-corrected chi connectivity index (χ3v) is 3.14. The van der Waals surface area contributed by atoms with Crippen LogP contribution in [0.5, 0.6) is 0 Å². The highest BCUT2D eigenvalue weighted by atomic mass is 16.4. The highest BCUT2D eigenvalue weighted by molar-refractivity contribution is 5.84. The van der Waals surface area contributed by atoms with Gasteiger partial charge >= 0.3 is 5.97 Å². The lowest BCUT2D eigenvalue weighted by Gasteiger charge is -2.13. The molecule has 0 bridgehead atoms. The van der Waals surface area contributed by atoms with Crippen LogP contribution in [0.2, 0.25) is 0 Å². The van der Waals surface area contributed by atoms with E-state index in [1.54, 1.807) is 0 Å². The van der Waals surface area contributed by atoms with E-state index in [1.807, 2.05) is 31.2 Å². The van der Waals surface area contributed by atoms with Crippen molar-refractivity contribution in [3.8, 4) is 0 Å². The summed E-state index contributed by atoms with van der Waals surface area (Å²) in [5.74, 6) is -1.58. The predicted octanol–water partition coefficient (Wildman–Crippen LogP) is 1.51. The minimum atomic E-state index is -0.933. The Morgan fingerprint density at radius 1 is 1.47 bits per heavy atom. The number of benzene rings is 1. The predicted molar refractivity (Wildman–Crippen MR) is 62.4 cm³/mol. The molecule has 1 aromatic carbocycles. The van der Waals surface area contributed by atoms with Crippen molar-refractivity contribution in [1.82, 2.24) is 5.32 Å². The summed E-state index contributed by atoms with van der Waals surface area (Å²) < 4.78 is 0. The molecular weight excluding hydrogens is 218 g/mol. The first kappa shape index (κ1) is 11.6. The molecule has 2 N–H and O–H groups in total. The van der Waals surface area contributed by atoms with Gasteiger partial charge in [0.15, 0.2) is 0 Å². The van der Waals surface area contributed by atoms with E-state index in [9.17, 15) is 9.59 Å². The maximum Gasteiger partial charge on any atom is 0.304 e. The Kier molecular flexibility index (Phi) is 3.13. The van der Waals surface area contributed by atoms with Crippen molar-refractivity contribution >= 4 is 11.9 Å². The van der Waals surface area contributed by atoms with Gasteiger partial charge in [-0.05, 0) is 24.5 Å². The number of carboxylic acid groups (broad SMARTS) is 1. The average molecular weight is 233 g/mol. The molecule has 2 atom stereocenters. The van der Waals surface area contributed by atoms with Crippen molar-refractivity contribution in [1.29, 1.82) is 0 Å². The number of amides is 1. The zero-order valence-corrected chi connectivity index (χ0v) is 9.64. The molecule has 0 saturated carbocycles. The average Bonchev–Trinajstić information content (AvgIpc) is 2.38. The summed E-state index contributed by atoms with van der Waals surface area (Å²) in [6, 6.07) is 7.72. The number of hydrogen-bond donors (Lipinski definition) is 2. The van der Waals surface area contributed by atoms with Crippen LogP contribution in [0.15, 0.2) is 24.3 Å². The molecule has 2 unspecified atom stereocenters. The fourth-order valence-corrected chi connectivity index (χ4v) is 2.29. The van der Waals surface area contributed by atoms with Crippen molar-refractivity contribution in [2.75, 3.05) is 0 Å². The van der Waals surface area contributed by atoms with Crippen LogP contribution in [0.3, 0.4) is 0 Å². The Labute approximate surface area is 99.6 Å². The Morgan fingerprint density at radius 2 is 2.18 bits per heavy atom. The van der Waals surface area contributed by atoms with E-state index in [0.29, 0.717) is 6.42 Å². The van der Waals surface area contributed by atoms with Gasteiger partial charge in [0.1, 0.15) is 0 Å². The zero-order chi connectivity index (χ0) is 12.4. The molecule has 4 nitrogen and oxygen atoms in total. The molecule has 17 heavy (non-hydrogen) atoms. The fraction of sp³-hybridized carbons (Fsp3) is 0.385. The zero-order valence-electron chi connectivity index (χ0n) is 9.64. The molecule has 0 radical (unpaired) electrons. The standard InChI is InChI=1S/C13H15NO3/c1-8-11-5-3-2-4-9(11)6-10(7-12(15)16)13(17)14-8/h2-5,8,10H,6-7H2,1H3,(H,14,17)(H,15,16). The summed E-state index contributed by atoms with van der Waals surface area (Å²) in [4.78, 5) is 22.6. The summed E-state index contributed by atoms with van der Waals surface area (Å²) in [5.41, 5.74) is 2.14. The van der Waals surface area contributed by atoms with E-state index in [-0.39, 0.29) is 18.4 Å². The van der Waals surface area contributed by atoms with Crippen LogP contribution in [0, 0.1) is 5.92 Å². The van der Waals surface area contributed by atoms with Gasteiger partial charge in [0, 0.05) is 0 Å². The molecule has 90 valence electrons. The van der Waals surface area contributed by atoms with Gasteiger partial charge in [-0.25, -0.2) is 0 Å². The largest absolute Gasteiger partial charge is 0.481 e. The van der Waals surface area contributed by atoms with Crippen LogP contribution in [0.1, 0.15) is 30.5 Å². The van der Waals surface area contributed by atoms with Crippen molar-refractivity contribution in [2.45, 2.75) is 25.8 Å². The lowest BCUT2D eigenvalue weighted by molar-refractivity contribution is -0.141. The molecule has 0 aliphatic carbocycles. The molecule has 0 aromatic heterocycles. The van der Waals surface area contributed by atoms with E-state index in [2.05, 4.69) is 5.32 Å². The summed E-state index contributed by atoms with van der Waals surface area (Å²) in [6.45, 7) is 1.92. The number of nitrogens with one attached hydrogen (secondary N) is 1. The van der Waals surface area contributed by atoms with Crippen LogP contribution >= 0.6 is 0 Å². The Balaban J connectivity index is 2.31. The van der Waals surface area contributed by atoms with Gasteiger partial charge in [0.05, 0.1) is 18.4 Å². The molecule has 1 aromatic rings. The van der Waals surface area contributed by atoms with E-state index in [0.717, 1.165) is 11.1 Å². The molecule has 1 heterocycles. The Hall–Kier alpha value is -1.84. The second kappa shape index (κ2) is 4.57. The minimum Gasteiger partial charge on any atom is -0.481 e. The van der Waals surface area contributed by atoms with Crippen LogP contribution in [0.25, 0.3) is 0 Å². The molecular formula is C13H15NO3. The summed E-state index contributed by atoms with van der Waals surface area (Å²) in [5, 5.41) is 11.7. The number of carbonyl (C=O) groups is 2. The van der Waals surface area contributed by atoms with Gasteiger partial charge in [-0.3, -0.25) is 9.59 Å². The molecule has 0 spiro atoms. The van der Waals surface area contributed by atoms with E-state index < -0.39 is 11.9 Å². The van der Waals surface area contributed by atoms with Crippen LogP contribution < -0.4 is 5.32 Å². The lowest BCUT2D eigenvalue weighted by atomic mass is 9.93. The maximum atomic E-state index is 11.9. The molecule has 0 saturated heterocycles. The first-order valence-electron chi connectivity index (χ1n) is 5.68. The van der Waals surface area contributed by atoms with E-state index >= 15 is 0 Å². The van der Waals surface area contributed by atoms with Crippen molar-refractivity contribution in [3.05, 3.63) is 35.4 Å². The fourth-order valence-electron chi connectivity index (χ4n) is 2.29. The normalized spacial score (nSPS) is 23.5. The van der Waals surface area contributed by atoms with Crippen molar-refractivity contribution < 1.29 is 14.7 Å². The lowest BCUT2D eigenvalue weighted by Crippen LogP contribution is -2.32. The van der Waals surface area contributed by atoms with Gasteiger partial charge in [0.25, 0.3) is 0 Å². The second-order valence-corrected chi connectivity index (χ2v) is 4.43. The summed E-state index contributed by atoms with van der Waals surface area (Å²) >= 11 is 0. The maximum absolute atomic E-state index is 11.9. The first-order chi connectivity index (χ1) is 8.08. The third-order valence-electron chi connectivity index (χ3n) is 3.14. The van der Waals surface area contributed by atoms with Gasteiger partial charge in [0.2, 0.25) is 5.91 Å². The van der Waals surface area contributed by atoms with Crippen molar-refractivity contribution in [2.24, 2.45) is 5.92 Å². The number of fused-ring (bicyclic) bond motifs is 1. The molecule has 4 heteroatoms. The number of carboxylic acids is 1. The smallest absolute Gasteiger partial charge is 0.304 e. The van der Waals surface area contributed by atoms with Crippen LogP contribution in [0.4, 0.5) is 0 Å². The Morgan fingerprint density at radius 3 is 2.88 bits per heavy atom. The Bertz CT molecular complexity index is 456. The third kappa shape index (κ3) is 2.46. The summed E-state index contributed by atoms with van der Waals surface area (Å²) in [6.07, 6.45) is 0.380.